The molecule has 0 atom stereocenters. The molecule has 2 heterocycles. The molecule has 0 saturated heterocycles. The highest BCUT2D eigenvalue weighted by atomic mass is 32.1. The number of ether oxygens (including phenoxy) is 1. The van der Waals surface area contributed by atoms with Crippen molar-refractivity contribution in [2.75, 3.05) is 11.9 Å². The lowest BCUT2D eigenvalue weighted by molar-refractivity contribution is 0.325. The normalized spacial score (nSPS) is 10.5. The van der Waals surface area contributed by atoms with Crippen LogP contribution in [0.2, 0.25) is 0 Å². The molecule has 0 aliphatic heterocycles. The second-order valence-corrected chi connectivity index (χ2v) is 5.15. The molecule has 0 saturated carbocycles. The average molecular weight is 277 g/mol. The van der Waals surface area contributed by atoms with Crippen LogP contribution in [0, 0.1) is 6.92 Å². The summed E-state index contributed by atoms with van der Waals surface area (Å²) in [6.45, 7) is 7.40. The van der Waals surface area contributed by atoms with Crippen LogP contribution in [-0.4, -0.2) is 16.6 Å². The Morgan fingerprint density at radius 2 is 2.16 bits per heavy atom. The van der Waals surface area contributed by atoms with Crippen molar-refractivity contribution in [2.24, 2.45) is 0 Å². The summed E-state index contributed by atoms with van der Waals surface area (Å²) in [5.41, 5.74) is 1.40. The summed E-state index contributed by atoms with van der Waals surface area (Å²) in [6.07, 6.45) is 1.06. The molecule has 0 aromatic carbocycles. The van der Waals surface area contributed by atoms with E-state index in [9.17, 15) is 0 Å². The van der Waals surface area contributed by atoms with Gasteiger partial charge in [-0.25, -0.2) is 4.98 Å². The van der Waals surface area contributed by atoms with Crippen molar-refractivity contribution < 1.29 is 4.74 Å². The van der Waals surface area contributed by atoms with Crippen molar-refractivity contribution >= 4 is 17.2 Å². The molecular weight excluding hydrogens is 258 g/mol. The smallest absolute Gasteiger partial charge is 0.218 e. The molecule has 0 fully saturated rings. The van der Waals surface area contributed by atoms with Gasteiger partial charge in [-0.15, -0.1) is 11.3 Å². The van der Waals surface area contributed by atoms with E-state index in [0.29, 0.717) is 12.5 Å². The second-order valence-electron chi connectivity index (χ2n) is 4.15. The molecule has 102 valence electrons. The van der Waals surface area contributed by atoms with Gasteiger partial charge < -0.3 is 10.1 Å². The molecule has 0 radical (unpaired) electrons. The minimum atomic E-state index is 0.612. The van der Waals surface area contributed by atoms with Gasteiger partial charge in [0, 0.05) is 10.9 Å². The molecule has 19 heavy (non-hydrogen) atoms. The Bertz CT molecular complexity index is 539. The van der Waals surface area contributed by atoms with Gasteiger partial charge in [-0.2, -0.15) is 4.98 Å². The molecule has 0 spiro atoms. The van der Waals surface area contributed by atoms with Crippen LogP contribution in [0.5, 0.6) is 5.88 Å². The first-order chi connectivity index (χ1) is 9.22. The van der Waals surface area contributed by atoms with E-state index in [-0.39, 0.29) is 0 Å². The van der Waals surface area contributed by atoms with Gasteiger partial charge in [-0.3, -0.25) is 0 Å². The number of nitrogens with zero attached hydrogens (tertiary/aromatic N) is 2. The van der Waals surface area contributed by atoms with E-state index in [4.69, 9.17) is 4.74 Å². The number of aromatic nitrogens is 2. The summed E-state index contributed by atoms with van der Waals surface area (Å²) in [7, 11) is 0. The van der Waals surface area contributed by atoms with Gasteiger partial charge in [0.1, 0.15) is 11.6 Å². The van der Waals surface area contributed by atoms with Gasteiger partial charge in [0.05, 0.1) is 13.2 Å². The minimum absolute atomic E-state index is 0.612. The third kappa shape index (κ3) is 3.67. The summed E-state index contributed by atoms with van der Waals surface area (Å²) >= 11 is 1.77. The zero-order valence-corrected chi connectivity index (χ0v) is 12.4. The van der Waals surface area contributed by atoms with E-state index < -0.39 is 0 Å². The fourth-order valence-electron chi connectivity index (χ4n) is 1.86. The second kappa shape index (κ2) is 6.52. The minimum Gasteiger partial charge on any atom is -0.478 e. The van der Waals surface area contributed by atoms with Gasteiger partial charge in [0.15, 0.2) is 0 Å². The molecule has 0 aliphatic rings. The Labute approximate surface area is 117 Å². The number of hydrogen-bond donors (Lipinski definition) is 1. The number of aryl methyl sites for hydroxylation is 2. The number of anilines is 1. The lowest BCUT2D eigenvalue weighted by atomic mass is 10.2. The zero-order chi connectivity index (χ0) is 13.7. The van der Waals surface area contributed by atoms with Crippen LogP contribution < -0.4 is 10.1 Å². The Kier molecular flexibility index (Phi) is 4.74. The van der Waals surface area contributed by atoms with E-state index in [0.717, 1.165) is 24.6 Å². The highest BCUT2D eigenvalue weighted by molar-refractivity contribution is 7.10. The topological polar surface area (TPSA) is 47.0 Å². The summed E-state index contributed by atoms with van der Waals surface area (Å²) in [5, 5.41) is 5.47. The molecule has 2 aromatic rings. The molecule has 0 unspecified atom stereocenters. The predicted octanol–water partition coefficient (Wildman–Crippen LogP) is 3.42. The largest absolute Gasteiger partial charge is 0.478 e. The van der Waals surface area contributed by atoms with Crippen LogP contribution in [0.25, 0.3) is 0 Å². The fraction of sp³-hybridized carbons (Fsp3) is 0.429. The molecule has 0 bridgehead atoms. The molecule has 5 heteroatoms. The number of hydrogen-bond acceptors (Lipinski definition) is 5. The van der Waals surface area contributed by atoms with E-state index in [2.05, 4.69) is 33.7 Å². The maximum absolute atomic E-state index is 5.42. The molecule has 2 rings (SSSR count). The summed E-state index contributed by atoms with van der Waals surface area (Å²) in [6, 6.07) is 4.02. The number of nitrogens with one attached hydrogen (secondary N) is 1. The lowest BCUT2D eigenvalue weighted by Gasteiger charge is -2.09. The van der Waals surface area contributed by atoms with Gasteiger partial charge in [-0.05, 0) is 37.3 Å². The molecule has 1 N–H and O–H groups in total. The molecule has 2 aromatic heterocycles. The van der Waals surface area contributed by atoms with Crippen molar-refractivity contribution in [2.45, 2.75) is 33.7 Å². The van der Waals surface area contributed by atoms with Crippen LogP contribution in [0.1, 0.15) is 30.1 Å². The predicted molar refractivity (Wildman–Crippen MR) is 79.0 cm³/mol. The molecule has 0 aliphatic carbocycles. The summed E-state index contributed by atoms with van der Waals surface area (Å²) < 4.78 is 5.42. The van der Waals surface area contributed by atoms with Crippen LogP contribution in [-0.2, 0) is 13.0 Å². The van der Waals surface area contributed by atoms with Crippen LogP contribution in [0.4, 0.5) is 5.82 Å². The monoisotopic (exact) mass is 277 g/mol. The van der Waals surface area contributed by atoms with E-state index in [1.165, 1.54) is 10.4 Å². The van der Waals surface area contributed by atoms with E-state index in [1.54, 1.807) is 11.3 Å². The zero-order valence-electron chi connectivity index (χ0n) is 11.6. The first-order valence-corrected chi connectivity index (χ1v) is 7.38. The quantitative estimate of drug-likeness (QED) is 0.879. The first-order valence-electron chi connectivity index (χ1n) is 6.50. The Morgan fingerprint density at radius 1 is 1.32 bits per heavy atom. The number of thiophene rings is 1. The van der Waals surface area contributed by atoms with Gasteiger partial charge in [-0.1, -0.05) is 6.92 Å². The van der Waals surface area contributed by atoms with E-state index in [1.807, 2.05) is 19.9 Å². The molecular formula is C14H19N3OS. The SMILES string of the molecule is CCOc1cc(NCc2sccc2CC)nc(C)n1. The Balaban J connectivity index is 2.06. The highest BCUT2D eigenvalue weighted by Gasteiger charge is 2.05. The summed E-state index contributed by atoms with van der Waals surface area (Å²) in [4.78, 5) is 9.96. The van der Waals surface area contributed by atoms with E-state index >= 15 is 0 Å². The lowest BCUT2D eigenvalue weighted by Crippen LogP contribution is -2.05. The number of rotatable bonds is 6. The standard InChI is InChI=1S/C14H19N3OS/c1-4-11-6-7-19-12(11)9-15-13-8-14(18-5-2)17-10(3)16-13/h6-8H,4-5,9H2,1-3H3,(H,15,16,17). The fourth-order valence-corrected chi connectivity index (χ4v) is 2.78. The average Bonchev–Trinajstić information content (AvgIpc) is 2.83. The van der Waals surface area contributed by atoms with Gasteiger partial charge in [0.25, 0.3) is 0 Å². The van der Waals surface area contributed by atoms with Crippen molar-refractivity contribution in [1.29, 1.82) is 0 Å². The summed E-state index contributed by atoms with van der Waals surface area (Å²) in [5.74, 6) is 2.15. The van der Waals surface area contributed by atoms with Gasteiger partial charge >= 0.3 is 0 Å². The third-order valence-electron chi connectivity index (χ3n) is 2.76. The van der Waals surface area contributed by atoms with Crippen LogP contribution in [0.15, 0.2) is 17.5 Å². The van der Waals surface area contributed by atoms with Crippen molar-refractivity contribution in [3.63, 3.8) is 0 Å². The maximum atomic E-state index is 5.42. The van der Waals surface area contributed by atoms with Crippen molar-refractivity contribution in [3.8, 4) is 5.88 Å². The molecule has 0 amide bonds. The third-order valence-corrected chi connectivity index (χ3v) is 3.72. The van der Waals surface area contributed by atoms with Crippen molar-refractivity contribution in [3.05, 3.63) is 33.8 Å². The Morgan fingerprint density at radius 3 is 2.89 bits per heavy atom. The van der Waals surface area contributed by atoms with Gasteiger partial charge in [0.2, 0.25) is 5.88 Å². The van der Waals surface area contributed by atoms with Crippen LogP contribution in [0.3, 0.4) is 0 Å². The first kappa shape index (κ1) is 13.8. The Hall–Kier alpha value is -1.62. The van der Waals surface area contributed by atoms with Crippen molar-refractivity contribution in [1.82, 2.24) is 9.97 Å². The molecule has 4 nitrogen and oxygen atoms in total. The maximum Gasteiger partial charge on any atom is 0.218 e. The van der Waals surface area contributed by atoms with Crippen LogP contribution >= 0.6 is 11.3 Å². The highest BCUT2D eigenvalue weighted by Crippen LogP contribution is 2.20.